The van der Waals surface area contributed by atoms with Gasteiger partial charge in [0.25, 0.3) is 5.91 Å². The first-order valence-corrected chi connectivity index (χ1v) is 10.9. The molecule has 32 heavy (non-hydrogen) atoms. The van der Waals surface area contributed by atoms with Gasteiger partial charge in [-0.05, 0) is 60.7 Å². The maximum atomic E-state index is 12.6. The van der Waals surface area contributed by atoms with E-state index in [2.05, 4.69) is 28.1 Å². The van der Waals surface area contributed by atoms with Crippen LogP contribution >= 0.6 is 0 Å². The van der Waals surface area contributed by atoms with E-state index in [1.165, 1.54) is 11.1 Å². The van der Waals surface area contributed by atoms with Crippen molar-refractivity contribution in [2.75, 3.05) is 6.54 Å². The lowest BCUT2D eigenvalue weighted by Crippen LogP contribution is -2.24. The number of hydrogen-bond donors (Lipinski definition) is 1. The molecule has 5 heteroatoms. The van der Waals surface area contributed by atoms with Crippen LogP contribution in [0.25, 0.3) is 11.0 Å². The average molecular weight is 423 g/mol. The van der Waals surface area contributed by atoms with Crippen LogP contribution in [0.4, 0.5) is 0 Å². The fourth-order valence-corrected chi connectivity index (χ4v) is 3.86. The van der Waals surface area contributed by atoms with Crippen molar-refractivity contribution in [3.8, 4) is 6.07 Å². The number of hydrogen-bond acceptors (Lipinski definition) is 3. The van der Waals surface area contributed by atoms with Crippen molar-refractivity contribution < 1.29 is 4.79 Å². The Hall–Kier alpha value is -3.91. The van der Waals surface area contributed by atoms with Gasteiger partial charge in [0.05, 0.1) is 22.7 Å². The minimum Gasteiger partial charge on any atom is -0.352 e. The van der Waals surface area contributed by atoms with Crippen LogP contribution in [0.2, 0.25) is 0 Å². The Morgan fingerprint density at radius 2 is 1.72 bits per heavy atom. The third-order valence-corrected chi connectivity index (χ3v) is 5.73. The van der Waals surface area contributed by atoms with Crippen LogP contribution < -0.4 is 5.32 Å². The number of nitrogens with zero attached hydrogens (tertiary/aromatic N) is 3. The quantitative estimate of drug-likeness (QED) is 0.422. The zero-order valence-corrected chi connectivity index (χ0v) is 18.2. The van der Waals surface area contributed by atoms with Crippen molar-refractivity contribution in [2.45, 2.75) is 25.7 Å². The van der Waals surface area contributed by atoms with E-state index < -0.39 is 0 Å². The first-order valence-electron chi connectivity index (χ1n) is 10.9. The number of nitriles is 1. The second kappa shape index (κ2) is 9.93. The average Bonchev–Trinajstić information content (AvgIpc) is 3.16. The molecule has 0 atom stereocenters. The van der Waals surface area contributed by atoms with Gasteiger partial charge in [0.2, 0.25) is 0 Å². The molecule has 4 rings (SSSR count). The lowest BCUT2D eigenvalue weighted by Gasteiger charge is -2.06. The summed E-state index contributed by atoms with van der Waals surface area (Å²) in [7, 11) is 2.01. The highest BCUT2D eigenvalue weighted by Crippen LogP contribution is 2.18. The molecule has 4 aromatic rings. The molecule has 0 radical (unpaired) electrons. The van der Waals surface area contributed by atoms with Gasteiger partial charge in [-0.1, -0.05) is 42.5 Å². The summed E-state index contributed by atoms with van der Waals surface area (Å²) in [6, 6.07) is 25.8. The molecule has 0 aliphatic heterocycles. The van der Waals surface area contributed by atoms with Gasteiger partial charge in [0.15, 0.2) is 0 Å². The summed E-state index contributed by atoms with van der Waals surface area (Å²) in [4.78, 5) is 17.4. The SMILES string of the molecule is Cn1c(CCc2ccc(C#N)cc2)nc2cc(C(=O)NCCCc3ccccc3)ccc21. The Morgan fingerprint density at radius 3 is 2.47 bits per heavy atom. The molecule has 160 valence electrons. The summed E-state index contributed by atoms with van der Waals surface area (Å²) >= 11 is 0. The highest BCUT2D eigenvalue weighted by atomic mass is 16.1. The van der Waals surface area contributed by atoms with E-state index >= 15 is 0 Å². The largest absolute Gasteiger partial charge is 0.352 e. The summed E-state index contributed by atoms with van der Waals surface area (Å²) < 4.78 is 2.08. The van der Waals surface area contributed by atoms with Gasteiger partial charge < -0.3 is 9.88 Å². The monoisotopic (exact) mass is 422 g/mol. The minimum atomic E-state index is -0.0650. The van der Waals surface area contributed by atoms with Gasteiger partial charge in [-0.15, -0.1) is 0 Å². The molecule has 5 nitrogen and oxygen atoms in total. The molecular weight excluding hydrogens is 396 g/mol. The van der Waals surface area contributed by atoms with Crippen LogP contribution in [0.1, 0.15) is 39.3 Å². The summed E-state index contributed by atoms with van der Waals surface area (Å²) in [5, 5.41) is 11.9. The maximum Gasteiger partial charge on any atom is 0.251 e. The van der Waals surface area contributed by atoms with Crippen LogP contribution in [0.3, 0.4) is 0 Å². The molecule has 0 saturated heterocycles. The normalized spacial score (nSPS) is 10.8. The maximum absolute atomic E-state index is 12.6. The predicted molar refractivity (Wildman–Crippen MR) is 126 cm³/mol. The van der Waals surface area contributed by atoms with E-state index in [0.717, 1.165) is 42.5 Å². The van der Waals surface area contributed by atoms with Gasteiger partial charge in [0, 0.05) is 25.6 Å². The fraction of sp³-hybridized carbons (Fsp3) is 0.222. The number of aromatic nitrogens is 2. The van der Waals surface area contributed by atoms with Gasteiger partial charge in [0.1, 0.15) is 5.82 Å². The molecule has 1 heterocycles. The molecule has 1 amide bonds. The first kappa shape index (κ1) is 21.3. The molecule has 3 aromatic carbocycles. The van der Waals surface area contributed by atoms with Crippen molar-refractivity contribution in [1.29, 1.82) is 5.26 Å². The topological polar surface area (TPSA) is 70.7 Å². The second-order valence-corrected chi connectivity index (χ2v) is 7.94. The Morgan fingerprint density at radius 1 is 0.969 bits per heavy atom. The summed E-state index contributed by atoms with van der Waals surface area (Å²) in [5.74, 6) is 0.912. The number of aryl methyl sites for hydroxylation is 4. The number of rotatable bonds is 8. The Kier molecular flexibility index (Phi) is 6.62. The zero-order chi connectivity index (χ0) is 22.3. The summed E-state index contributed by atoms with van der Waals surface area (Å²) in [5.41, 5.74) is 5.60. The molecule has 1 N–H and O–H groups in total. The van der Waals surface area contributed by atoms with E-state index in [0.29, 0.717) is 17.7 Å². The molecule has 0 fully saturated rings. The summed E-state index contributed by atoms with van der Waals surface area (Å²) in [6.07, 6.45) is 3.49. The predicted octanol–water partition coefficient (Wildman–Crippen LogP) is 4.59. The molecule has 0 unspecified atom stereocenters. The zero-order valence-electron chi connectivity index (χ0n) is 18.2. The Labute approximate surface area is 188 Å². The van der Waals surface area contributed by atoms with Crippen LogP contribution in [-0.4, -0.2) is 22.0 Å². The molecule has 1 aromatic heterocycles. The van der Waals surface area contributed by atoms with E-state index in [9.17, 15) is 4.79 Å². The van der Waals surface area contributed by atoms with E-state index in [1.807, 2.05) is 67.7 Å². The highest BCUT2D eigenvalue weighted by molar-refractivity contribution is 5.97. The van der Waals surface area contributed by atoms with Crippen LogP contribution in [0, 0.1) is 11.3 Å². The number of carbonyl (C=O) groups is 1. The second-order valence-electron chi connectivity index (χ2n) is 7.94. The van der Waals surface area contributed by atoms with Crippen LogP contribution in [0.5, 0.6) is 0 Å². The van der Waals surface area contributed by atoms with Crippen molar-refractivity contribution in [3.63, 3.8) is 0 Å². The van der Waals surface area contributed by atoms with Crippen molar-refractivity contribution >= 4 is 16.9 Å². The standard InChI is InChI=1S/C27H26N4O/c1-31-25-15-14-23(27(32)29-17-5-8-20-6-3-2-4-7-20)18-24(25)30-26(31)16-13-21-9-11-22(19-28)12-10-21/h2-4,6-7,9-12,14-15,18H,5,8,13,16-17H2,1H3,(H,29,32). The molecule has 0 aliphatic carbocycles. The van der Waals surface area contributed by atoms with Gasteiger partial charge in [-0.25, -0.2) is 4.98 Å². The number of imidazole rings is 1. The van der Waals surface area contributed by atoms with Gasteiger partial charge in [-0.2, -0.15) is 5.26 Å². The Balaban J connectivity index is 1.36. The van der Waals surface area contributed by atoms with Crippen LogP contribution in [-0.2, 0) is 26.3 Å². The first-order chi connectivity index (χ1) is 15.6. The third kappa shape index (κ3) is 5.04. The number of carbonyl (C=O) groups excluding carboxylic acids is 1. The minimum absolute atomic E-state index is 0.0650. The van der Waals surface area contributed by atoms with Crippen LogP contribution in [0.15, 0.2) is 72.8 Å². The molecule has 0 bridgehead atoms. The lowest BCUT2D eigenvalue weighted by atomic mass is 10.1. The van der Waals surface area contributed by atoms with Crippen molar-refractivity contribution in [1.82, 2.24) is 14.9 Å². The Bertz CT molecular complexity index is 1250. The number of amides is 1. The number of nitrogens with one attached hydrogen (secondary N) is 1. The van der Waals surface area contributed by atoms with E-state index in [4.69, 9.17) is 10.2 Å². The van der Waals surface area contributed by atoms with E-state index in [1.54, 1.807) is 0 Å². The molecule has 0 aliphatic rings. The molecule has 0 saturated carbocycles. The summed E-state index contributed by atoms with van der Waals surface area (Å²) in [6.45, 7) is 0.643. The third-order valence-electron chi connectivity index (χ3n) is 5.73. The highest BCUT2D eigenvalue weighted by Gasteiger charge is 2.12. The number of fused-ring (bicyclic) bond motifs is 1. The van der Waals surface area contributed by atoms with Crippen molar-refractivity contribution in [3.05, 3.63) is 101 Å². The van der Waals surface area contributed by atoms with Crippen molar-refractivity contribution in [2.24, 2.45) is 7.05 Å². The van der Waals surface area contributed by atoms with Gasteiger partial charge in [-0.3, -0.25) is 4.79 Å². The fourth-order valence-electron chi connectivity index (χ4n) is 3.86. The van der Waals surface area contributed by atoms with E-state index in [-0.39, 0.29) is 5.91 Å². The molecular formula is C27H26N4O. The lowest BCUT2D eigenvalue weighted by molar-refractivity contribution is 0.0953. The molecule has 0 spiro atoms. The smallest absolute Gasteiger partial charge is 0.251 e. The number of benzene rings is 3. The van der Waals surface area contributed by atoms with Gasteiger partial charge >= 0.3 is 0 Å².